The maximum absolute atomic E-state index is 13.9. The summed E-state index contributed by atoms with van der Waals surface area (Å²) in [4.78, 5) is 34.0. The third-order valence-electron chi connectivity index (χ3n) is 7.25. The molecule has 1 aliphatic carbocycles. The van der Waals surface area contributed by atoms with E-state index in [-0.39, 0.29) is 35.0 Å². The van der Waals surface area contributed by atoms with Crippen molar-refractivity contribution in [3.8, 4) is 5.69 Å². The van der Waals surface area contributed by atoms with Gasteiger partial charge in [-0.25, -0.2) is 18.0 Å². The molecule has 0 spiro atoms. The number of carbonyl (C=O) groups is 1. The Labute approximate surface area is 231 Å². The molecule has 1 N–H and O–H groups in total. The Bertz CT molecular complexity index is 1580. The molecule has 2 heterocycles. The van der Waals surface area contributed by atoms with Crippen LogP contribution < -0.4 is 10.9 Å². The Balaban J connectivity index is 1.56. The molecule has 5 rings (SSSR count). The number of amides is 1. The monoisotopic (exact) mass is 574 g/mol. The second-order valence-corrected chi connectivity index (χ2v) is 13.0. The lowest BCUT2D eigenvalue weighted by Gasteiger charge is -2.35. The van der Waals surface area contributed by atoms with Gasteiger partial charge >= 0.3 is 0 Å². The molecular formula is C27H28Cl2N4O4S. The number of hydrogen-bond donors (Lipinski definition) is 1. The van der Waals surface area contributed by atoms with Crippen LogP contribution in [-0.4, -0.2) is 47.1 Å². The smallest absolute Gasteiger partial charge is 0.263 e. The molecule has 1 amide bonds. The topological polar surface area (TPSA) is 101 Å². The van der Waals surface area contributed by atoms with E-state index >= 15 is 0 Å². The lowest BCUT2D eigenvalue weighted by atomic mass is 9.98. The first-order valence-corrected chi connectivity index (χ1v) is 15.1. The number of rotatable bonds is 6. The van der Waals surface area contributed by atoms with Gasteiger partial charge in [-0.15, -0.1) is 0 Å². The predicted octanol–water partition coefficient (Wildman–Crippen LogP) is 4.74. The minimum Gasteiger partial charge on any atom is -0.353 e. The number of carbonyl (C=O) groups excluding carboxylic acids is 1. The summed E-state index contributed by atoms with van der Waals surface area (Å²) in [5.41, 5.74) is 1.77. The number of sulfone groups is 1. The largest absolute Gasteiger partial charge is 0.353 e. The number of benzene rings is 2. The SMILES string of the molecule is CC(Nc1nc2c(c(=O)n1-c1ccc(S(C)(=O)=O)cc1)C[C@@H](C)N(C(=O)c1ccc(Cl)c(Cl)c1)C2)C1CC1. The maximum Gasteiger partial charge on any atom is 0.263 e. The van der Waals surface area contributed by atoms with Crippen LogP contribution in [0.2, 0.25) is 10.0 Å². The summed E-state index contributed by atoms with van der Waals surface area (Å²) in [5.74, 6) is 0.651. The second-order valence-electron chi connectivity index (χ2n) is 10.2. The van der Waals surface area contributed by atoms with E-state index in [1.54, 1.807) is 35.2 Å². The van der Waals surface area contributed by atoms with Gasteiger partial charge in [-0.3, -0.25) is 9.59 Å². The lowest BCUT2D eigenvalue weighted by Crippen LogP contribution is -2.46. The van der Waals surface area contributed by atoms with E-state index in [4.69, 9.17) is 28.2 Å². The molecule has 0 radical (unpaired) electrons. The van der Waals surface area contributed by atoms with Crippen molar-refractivity contribution >= 4 is 44.9 Å². The summed E-state index contributed by atoms with van der Waals surface area (Å²) in [5, 5.41) is 4.07. The summed E-state index contributed by atoms with van der Waals surface area (Å²) in [6.07, 6.45) is 3.69. The van der Waals surface area contributed by atoms with Gasteiger partial charge in [0.2, 0.25) is 5.95 Å². The Morgan fingerprint density at radius 1 is 1.11 bits per heavy atom. The van der Waals surface area contributed by atoms with E-state index in [0.29, 0.717) is 50.8 Å². The molecule has 0 bridgehead atoms. The minimum atomic E-state index is -3.38. The van der Waals surface area contributed by atoms with Crippen molar-refractivity contribution in [3.05, 3.63) is 79.7 Å². The lowest BCUT2D eigenvalue weighted by molar-refractivity contribution is 0.0653. The molecule has 1 aliphatic heterocycles. The van der Waals surface area contributed by atoms with E-state index < -0.39 is 9.84 Å². The van der Waals surface area contributed by atoms with Gasteiger partial charge in [0, 0.05) is 29.5 Å². The highest BCUT2D eigenvalue weighted by Crippen LogP contribution is 2.34. The number of anilines is 1. The van der Waals surface area contributed by atoms with Crippen LogP contribution in [0.15, 0.2) is 52.2 Å². The molecule has 3 aromatic rings. The fraction of sp³-hybridized carbons (Fsp3) is 0.370. The van der Waals surface area contributed by atoms with Crippen molar-refractivity contribution < 1.29 is 13.2 Å². The summed E-state index contributed by atoms with van der Waals surface area (Å²) in [6, 6.07) is 10.8. The zero-order valence-corrected chi connectivity index (χ0v) is 23.6. The van der Waals surface area contributed by atoms with Crippen LogP contribution in [0, 0.1) is 5.92 Å². The number of fused-ring (bicyclic) bond motifs is 1. The van der Waals surface area contributed by atoms with E-state index in [1.165, 1.54) is 16.7 Å². The third kappa shape index (κ3) is 5.19. The normalized spacial score (nSPS) is 18.1. The quantitative estimate of drug-likeness (QED) is 0.456. The second kappa shape index (κ2) is 10.0. The van der Waals surface area contributed by atoms with E-state index in [9.17, 15) is 18.0 Å². The van der Waals surface area contributed by atoms with Crippen LogP contribution in [0.3, 0.4) is 0 Å². The van der Waals surface area contributed by atoms with Gasteiger partial charge in [0.1, 0.15) is 0 Å². The molecule has 1 unspecified atom stereocenters. The molecule has 2 aromatic carbocycles. The number of nitrogens with one attached hydrogen (secondary N) is 1. The molecule has 200 valence electrons. The van der Waals surface area contributed by atoms with Crippen LogP contribution in [0.1, 0.15) is 48.3 Å². The van der Waals surface area contributed by atoms with E-state index in [0.717, 1.165) is 19.1 Å². The van der Waals surface area contributed by atoms with Crippen LogP contribution in [0.4, 0.5) is 5.95 Å². The van der Waals surface area contributed by atoms with Crippen LogP contribution in [-0.2, 0) is 22.8 Å². The molecule has 11 heteroatoms. The molecule has 8 nitrogen and oxygen atoms in total. The predicted molar refractivity (Wildman–Crippen MR) is 148 cm³/mol. The fourth-order valence-corrected chi connectivity index (χ4v) is 5.75. The molecule has 1 fully saturated rings. The van der Waals surface area contributed by atoms with E-state index in [2.05, 4.69) is 12.2 Å². The first kappa shape index (κ1) is 26.7. The van der Waals surface area contributed by atoms with Gasteiger partial charge < -0.3 is 10.2 Å². The Hall–Kier alpha value is -2.88. The Morgan fingerprint density at radius 3 is 2.39 bits per heavy atom. The van der Waals surface area contributed by atoms with Crippen molar-refractivity contribution in [2.45, 2.75) is 56.6 Å². The maximum atomic E-state index is 13.9. The van der Waals surface area contributed by atoms with Crippen LogP contribution in [0.5, 0.6) is 0 Å². The number of halogens is 2. The zero-order chi connectivity index (χ0) is 27.4. The van der Waals surface area contributed by atoms with Crippen molar-refractivity contribution in [1.82, 2.24) is 14.5 Å². The van der Waals surface area contributed by atoms with Gasteiger partial charge in [0.15, 0.2) is 9.84 Å². The molecule has 0 saturated heterocycles. The highest BCUT2D eigenvalue weighted by molar-refractivity contribution is 7.90. The summed E-state index contributed by atoms with van der Waals surface area (Å²) in [7, 11) is -3.38. The highest BCUT2D eigenvalue weighted by Gasteiger charge is 2.33. The van der Waals surface area contributed by atoms with Gasteiger partial charge in [0.05, 0.1) is 32.9 Å². The average Bonchev–Trinajstić information content (AvgIpc) is 3.71. The third-order valence-corrected chi connectivity index (χ3v) is 9.12. The van der Waals surface area contributed by atoms with Crippen LogP contribution >= 0.6 is 23.2 Å². The average molecular weight is 576 g/mol. The summed E-state index contributed by atoms with van der Waals surface area (Å²) in [6.45, 7) is 4.12. The fourth-order valence-electron chi connectivity index (χ4n) is 4.82. The van der Waals surface area contributed by atoms with Gasteiger partial charge in [0.25, 0.3) is 11.5 Å². The summed E-state index contributed by atoms with van der Waals surface area (Å²) < 4.78 is 25.4. The molecule has 1 aromatic heterocycles. The van der Waals surface area contributed by atoms with Gasteiger partial charge in [-0.2, -0.15) is 0 Å². The Morgan fingerprint density at radius 2 is 1.79 bits per heavy atom. The van der Waals surface area contributed by atoms with Crippen molar-refractivity contribution in [3.63, 3.8) is 0 Å². The summed E-state index contributed by atoms with van der Waals surface area (Å²) >= 11 is 12.2. The standard InChI is InChI=1S/C27H28Cl2N4O4S/c1-15-12-21-24(14-32(15)25(34)18-6-11-22(28)23(29)13-18)31-27(30-16(2)17-4-5-17)33(26(21)35)19-7-9-20(10-8-19)38(3,36)37/h6-11,13,15-17H,4-5,12,14H2,1-3H3,(H,30,31)/t15-,16?/m1/s1. The first-order chi connectivity index (χ1) is 17.9. The number of hydrogen-bond acceptors (Lipinski definition) is 6. The molecule has 2 aliphatic rings. The van der Waals surface area contributed by atoms with E-state index in [1.807, 2.05) is 6.92 Å². The Kier molecular flexibility index (Phi) is 7.04. The van der Waals surface area contributed by atoms with Crippen molar-refractivity contribution in [1.29, 1.82) is 0 Å². The molecule has 38 heavy (non-hydrogen) atoms. The van der Waals surface area contributed by atoms with Gasteiger partial charge in [-0.05, 0) is 81.5 Å². The number of nitrogens with zero attached hydrogens (tertiary/aromatic N) is 3. The molecule has 2 atom stereocenters. The minimum absolute atomic E-state index is 0.0953. The van der Waals surface area contributed by atoms with Crippen molar-refractivity contribution in [2.75, 3.05) is 11.6 Å². The zero-order valence-electron chi connectivity index (χ0n) is 21.2. The molecule has 1 saturated carbocycles. The number of aromatic nitrogens is 2. The van der Waals surface area contributed by atoms with Crippen LogP contribution in [0.25, 0.3) is 5.69 Å². The highest BCUT2D eigenvalue weighted by atomic mass is 35.5. The molecular weight excluding hydrogens is 547 g/mol. The van der Waals surface area contributed by atoms with Gasteiger partial charge in [-0.1, -0.05) is 23.2 Å². The first-order valence-electron chi connectivity index (χ1n) is 12.4. The van der Waals surface area contributed by atoms with Crippen molar-refractivity contribution in [2.24, 2.45) is 5.92 Å².